The predicted molar refractivity (Wildman–Crippen MR) is 159 cm³/mol. The average molecular weight is 574 g/mol. The number of hydrogen-bond acceptors (Lipinski definition) is 5. The second-order valence-electron chi connectivity index (χ2n) is 14.0. The standard InChI is InChI=1S/C33H51NO5S/c1-6-25-29-19-23(35)13-16-33(29,4)28-14-17-32(3)26(11-12-27(32)30(28)31(25)36)21(2)15-18-40(37,38)34-20-22-7-9-24(39-5)10-8-22/h7-10,15,18,21,23,25-31,34-36H,6,11-14,16-17,19-20H2,1-5H3/b18-15+/t21-,23-,25-,26-,27+,28+,29+,30?,31-,32-,33-/m1/s1. The van der Waals surface area contributed by atoms with Gasteiger partial charge >= 0.3 is 0 Å². The van der Waals surface area contributed by atoms with Gasteiger partial charge in [-0.2, -0.15) is 0 Å². The van der Waals surface area contributed by atoms with Gasteiger partial charge in [-0.3, -0.25) is 0 Å². The zero-order valence-electron chi connectivity index (χ0n) is 25.1. The van der Waals surface area contributed by atoms with Crippen LogP contribution in [0.5, 0.6) is 5.75 Å². The van der Waals surface area contributed by atoms with E-state index in [4.69, 9.17) is 4.74 Å². The van der Waals surface area contributed by atoms with Crippen LogP contribution in [-0.2, 0) is 16.6 Å². The molecule has 6 nitrogen and oxygen atoms in total. The van der Waals surface area contributed by atoms with Crippen molar-refractivity contribution in [1.29, 1.82) is 0 Å². The normalized spacial score (nSPS) is 42.2. The van der Waals surface area contributed by atoms with Crippen molar-refractivity contribution in [2.45, 2.75) is 97.8 Å². The molecule has 0 spiro atoms. The van der Waals surface area contributed by atoms with Gasteiger partial charge in [0.1, 0.15) is 5.75 Å². The van der Waals surface area contributed by atoms with Gasteiger partial charge in [-0.25, -0.2) is 13.1 Å². The molecule has 40 heavy (non-hydrogen) atoms. The summed E-state index contributed by atoms with van der Waals surface area (Å²) in [6.07, 6.45) is 9.57. The second-order valence-corrected chi connectivity index (χ2v) is 15.7. The maximum absolute atomic E-state index is 12.8. The minimum absolute atomic E-state index is 0.0991. The summed E-state index contributed by atoms with van der Waals surface area (Å²) >= 11 is 0. The third-order valence-electron chi connectivity index (χ3n) is 12.3. The van der Waals surface area contributed by atoms with E-state index in [1.807, 2.05) is 30.3 Å². The third-order valence-corrected chi connectivity index (χ3v) is 13.4. The molecule has 0 saturated heterocycles. The average Bonchev–Trinajstić information content (AvgIpc) is 3.29. The SMILES string of the molecule is CC[C@H]1[C@@H](O)C2[C@@H]3CC[C@H]([C@H](C)/C=C/S(=O)(=O)NCc4ccc(OC)cc4)[C@@]3(C)CC[C@@H]2[C@@]2(C)CC[C@@H](O)C[C@@H]12. The Bertz CT molecular complexity index is 1170. The van der Waals surface area contributed by atoms with E-state index < -0.39 is 10.0 Å². The Morgan fingerprint density at radius 2 is 1.70 bits per heavy atom. The van der Waals surface area contributed by atoms with Crippen molar-refractivity contribution < 1.29 is 23.4 Å². The lowest BCUT2D eigenvalue weighted by Crippen LogP contribution is -2.62. The Labute approximate surface area is 242 Å². The highest BCUT2D eigenvalue weighted by Gasteiger charge is 2.64. The van der Waals surface area contributed by atoms with Gasteiger partial charge in [-0.05, 0) is 115 Å². The zero-order valence-corrected chi connectivity index (χ0v) is 25.9. The maximum Gasteiger partial charge on any atom is 0.233 e. The van der Waals surface area contributed by atoms with E-state index in [1.54, 1.807) is 7.11 Å². The molecule has 1 unspecified atom stereocenters. The maximum atomic E-state index is 12.8. The number of benzene rings is 1. The molecular weight excluding hydrogens is 522 g/mol. The smallest absolute Gasteiger partial charge is 0.233 e. The van der Waals surface area contributed by atoms with Gasteiger partial charge in [0.05, 0.1) is 19.3 Å². The zero-order chi connectivity index (χ0) is 28.9. The molecule has 1 aromatic carbocycles. The van der Waals surface area contributed by atoms with Crippen molar-refractivity contribution in [1.82, 2.24) is 4.72 Å². The number of aliphatic hydroxyl groups excluding tert-OH is 2. The molecule has 11 atom stereocenters. The number of aliphatic hydroxyl groups is 2. The first kappa shape index (κ1) is 30.1. The van der Waals surface area contributed by atoms with Crippen LogP contribution < -0.4 is 9.46 Å². The fraction of sp³-hybridized carbons (Fsp3) is 0.758. The van der Waals surface area contributed by atoms with Crippen molar-refractivity contribution in [3.05, 3.63) is 41.3 Å². The van der Waals surface area contributed by atoms with Gasteiger partial charge in [0.25, 0.3) is 0 Å². The van der Waals surface area contributed by atoms with Gasteiger partial charge in [-0.1, -0.05) is 52.3 Å². The molecule has 0 aliphatic heterocycles. The molecule has 4 fully saturated rings. The number of ether oxygens (including phenoxy) is 1. The highest BCUT2D eigenvalue weighted by Crippen LogP contribution is 2.69. The van der Waals surface area contributed by atoms with Crippen LogP contribution in [0.2, 0.25) is 0 Å². The van der Waals surface area contributed by atoms with E-state index >= 15 is 0 Å². The monoisotopic (exact) mass is 573 g/mol. The minimum atomic E-state index is -3.56. The highest BCUT2D eigenvalue weighted by atomic mass is 32.2. The molecule has 7 heteroatoms. The van der Waals surface area contributed by atoms with Gasteiger partial charge in [0.15, 0.2) is 0 Å². The third kappa shape index (κ3) is 5.29. The molecule has 3 N–H and O–H groups in total. The van der Waals surface area contributed by atoms with Gasteiger partial charge < -0.3 is 14.9 Å². The van der Waals surface area contributed by atoms with Crippen molar-refractivity contribution >= 4 is 10.0 Å². The minimum Gasteiger partial charge on any atom is -0.497 e. The van der Waals surface area contributed by atoms with E-state index in [0.717, 1.165) is 62.7 Å². The Morgan fingerprint density at radius 3 is 2.38 bits per heavy atom. The van der Waals surface area contributed by atoms with Crippen LogP contribution in [0.1, 0.15) is 84.6 Å². The molecule has 0 bridgehead atoms. The van der Waals surface area contributed by atoms with Crippen molar-refractivity contribution in [2.75, 3.05) is 7.11 Å². The number of hydrogen-bond donors (Lipinski definition) is 3. The molecular formula is C33H51NO5S. The van der Waals surface area contributed by atoms with Crippen molar-refractivity contribution in [3.8, 4) is 5.75 Å². The quantitative estimate of drug-likeness (QED) is 0.360. The van der Waals surface area contributed by atoms with E-state index in [9.17, 15) is 18.6 Å². The molecule has 4 aliphatic rings. The van der Waals surface area contributed by atoms with Crippen LogP contribution >= 0.6 is 0 Å². The summed E-state index contributed by atoms with van der Waals surface area (Å²) in [6, 6.07) is 7.39. The molecule has 0 aromatic heterocycles. The van der Waals surface area contributed by atoms with Gasteiger partial charge in [0.2, 0.25) is 10.0 Å². The van der Waals surface area contributed by atoms with Crippen LogP contribution in [0.15, 0.2) is 35.7 Å². The summed E-state index contributed by atoms with van der Waals surface area (Å²) in [5.41, 5.74) is 1.17. The first-order valence-electron chi connectivity index (χ1n) is 15.6. The first-order chi connectivity index (χ1) is 18.9. The van der Waals surface area contributed by atoms with Crippen LogP contribution in [0.4, 0.5) is 0 Å². The van der Waals surface area contributed by atoms with Crippen LogP contribution in [0, 0.1) is 52.3 Å². The number of sulfonamides is 1. The number of methoxy groups -OCH3 is 1. The Kier molecular flexibility index (Phi) is 8.53. The largest absolute Gasteiger partial charge is 0.497 e. The highest BCUT2D eigenvalue weighted by molar-refractivity contribution is 7.92. The van der Waals surface area contributed by atoms with Crippen LogP contribution in [0.3, 0.4) is 0 Å². The van der Waals surface area contributed by atoms with Gasteiger partial charge in [0, 0.05) is 12.0 Å². The fourth-order valence-electron chi connectivity index (χ4n) is 10.2. The van der Waals surface area contributed by atoms with Crippen molar-refractivity contribution in [3.63, 3.8) is 0 Å². The lowest BCUT2D eigenvalue weighted by atomic mass is 9.41. The predicted octanol–water partition coefficient (Wildman–Crippen LogP) is 5.89. The first-order valence-corrected chi connectivity index (χ1v) is 17.1. The van der Waals surface area contributed by atoms with Crippen LogP contribution in [-0.4, -0.2) is 37.9 Å². The summed E-state index contributed by atoms with van der Waals surface area (Å²) in [5.74, 6) is 3.21. The molecule has 4 aliphatic carbocycles. The van der Waals surface area contributed by atoms with E-state index in [0.29, 0.717) is 29.6 Å². The summed E-state index contributed by atoms with van der Waals surface area (Å²) in [4.78, 5) is 0. The lowest BCUT2D eigenvalue weighted by Gasteiger charge is -2.64. The summed E-state index contributed by atoms with van der Waals surface area (Å²) in [7, 11) is -1.94. The summed E-state index contributed by atoms with van der Waals surface area (Å²) in [5, 5.41) is 23.8. The van der Waals surface area contributed by atoms with E-state index in [1.165, 1.54) is 5.41 Å². The molecule has 4 saturated carbocycles. The summed E-state index contributed by atoms with van der Waals surface area (Å²) < 4.78 is 33.5. The Morgan fingerprint density at radius 1 is 1.02 bits per heavy atom. The fourth-order valence-corrected chi connectivity index (χ4v) is 11.1. The molecule has 1 aromatic rings. The lowest BCUT2D eigenvalue weighted by molar-refractivity contribution is -0.202. The number of nitrogens with one attached hydrogen (secondary N) is 1. The number of allylic oxidation sites excluding steroid dienone is 1. The molecule has 0 amide bonds. The van der Waals surface area contributed by atoms with Crippen molar-refractivity contribution in [2.24, 2.45) is 52.3 Å². The number of fused-ring (bicyclic) bond motifs is 5. The number of rotatable bonds is 8. The van der Waals surface area contributed by atoms with E-state index in [2.05, 4.69) is 32.4 Å². The topological polar surface area (TPSA) is 95.9 Å². The van der Waals surface area contributed by atoms with Crippen LogP contribution in [0.25, 0.3) is 0 Å². The van der Waals surface area contributed by atoms with E-state index in [-0.39, 0.29) is 41.4 Å². The molecule has 5 rings (SSSR count). The van der Waals surface area contributed by atoms with Gasteiger partial charge in [-0.15, -0.1) is 0 Å². The molecule has 224 valence electrons. The summed E-state index contributed by atoms with van der Waals surface area (Å²) in [6.45, 7) is 9.53. The second kappa shape index (κ2) is 11.3. The Hall–Kier alpha value is -1.41. The Balaban J connectivity index is 1.29. The molecule has 0 radical (unpaired) electrons. The molecule has 0 heterocycles.